The van der Waals surface area contributed by atoms with Crippen molar-refractivity contribution in [1.29, 1.82) is 0 Å². The largest absolute Gasteiger partial charge is 0.328 e. The maximum Gasteiger partial charge on any atom is 0.300 e. The third-order valence-corrected chi connectivity index (χ3v) is 5.94. The van der Waals surface area contributed by atoms with E-state index in [2.05, 4.69) is 4.72 Å². The molecule has 1 aromatic heterocycles. The minimum absolute atomic E-state index is 0.0129. The maximum absolute atomic E-state index is 11.9. The Labute approximate surface area is 112 Å². The normalized spacial score (nSPS) is 23.7. The van der Waals surface area contributed by atoms with Gasteiger partial charge in [-0.1, -0.05) is 11.6 Å². The van der Waals surface area contributed by atoms with Crippen LogP contribution < -0.4 is 10.5 Å². The number of sulfonamides is 1. The fourth-order valence-electron chi connectivity index (χ4n) is 1.63. The number of nitrogens with two attached hydrogens (primary N) is 1. The summed E-state index contributed by atoms with van der Waals surface area (Å²) < 4.78 is 26.0. The number of hydrogen-bond acceptors (Lipinski definition) is 6. The minimum Gasteiger partial charge on any atom is -0.328 e. The third kappa shape index (κ3) is 2.64. The maximum atomic E-state index is 11.9. The first-order valence-corrected chi connectivity index (χ1v) is 7.69. The zero-order valence-electron chi connectivity index (χ0n) is 9.00. The number of halogens is 1. The summed E-state index contributed by atoms with van der Waals surface area (Å²) in [5, 5.41) is 10.6. The first-order chi connectivity index (χ1) is 8.29. The van der Waals surface area contributed by atoms with Crippen molar-refractivity contribution >= 4 is 38.6 Å². The second-order valence-electron chi connectivity index (χ2n) is 4.03. The minimum atomic E-state index is -3.75. The number of hydrogen-bond donors (Lipinski definition) is 2. The van der Waals surface area contributed by atoms with Crippen molar-refractivity contribution in [3.05, 3.63) is 20.5 Å². The topological polar surface area (TPSA) is 115 Å². The van der Waals surface area contributed by atoms with Gasteiger partial charge in [-0.25, -0.2) is 13.1 Å². The van der Waals surface area contributed by atoms with Gasteiger partial charge < -0.3 is 5.73 Å². The summed E-state index contributed by atoms with van der Waals surface area (Å²) >= 11 is 6.29. The van der Waals surface area contributed by atoms with Gasteiger partial charge in [0.05, 0.1) is 4.92 Å². The van der Waals surface area contributed by atoms with Gasteiger partial charge in [-0.15, -0.1) is 11.3 Å². The molecule has 0 aromatic carbocycles. The van der Waals surface area contributed by atoms with E-state index >= 15 is 0 Å². The first-order valence-electron chi connectivity index (χ1n) is 5.01. The molecule has 0 aliphatic heterocycles. The number of nitrogens with zero attached hydrogens (tertiary/aromatic N) is 1. The van der Waals surface area contributed by atoms with E-state index in [-0.39, 0.29) is 20.6 Å². The van der Waals surface area contributed by atoms with Crippen LogP contribution in [0.2, 0.25) is 4.34 Å². The number of nitro groups is 1. The lowest BCUT2D eigenvalue weighted by atomic mass is 9.89. The van der Waals surface area contributed by atoms with Crippen LogP contribution in [0.5, 0.6) is 0 Å². The molecule has 0 radical (unpaired) electrons. The van der Waals surface area contributed by atoms with Crippen molar-refractivity contribution < 1.29 is 13.3 Å². The number of thiophene rings is 1. The summed E-state index contributed by atoms with van der Waals surface area (Å²) in [6.07, 6.45) is 1.14. The smallest absolute Gasteiger partial charge is 0.300 e. The van der Waals surface area contributed by atoms with Gasteiger partial charge in [0, 0.05) is 18.2 Å². The molecule has 0 amide bonds. The van der Waals surface area contributed by atoms with Crippen LogP contribution in [0.3, 0.4) is 0 Å². The van der Waals surface area contributed by atoms with Gasteiger partial charge in [-0.3, -0.25) is 10.1 Å². The second kappa shape index (κ2) is 4.74. The Balaban J connectivity index is 2.19. The molecule has 10 heteroatoms. The second-order valence-corrected chi connectivity index (χ2v) is 7.63. The van der Waals surface area contributed by atoms with E-state index in [1.807, 2.05) is 0 Å². The van der Waals surface area contributed by atoms with E-state index in [1.165, 1.54) is 0 Å². The van der Waals surface area contributed by atoms with Crippen LogP contribution >= 0.6 is 22.9 Å². The molecule has 1 saturated carbocycles. The Hall–Kier alpha value is -0.740. The first kappa shape index (κ1) is 13.7. The fourth-order valence-corrected chi connectivity index (χ4v) is 4.57. The fraction of sp³-hybridized carbons (Fsp3) is 0.500. The van der Waals surface area contributed by atoms with Gasteiger partial charge in [0.2, 0.25) is 0 Å². The summed E-state index contributed by atoms with van der Waals surface area (Å²) in [5.74, 6) is 0. The Morgan fingerprint density at radius 1 is 1.56 bits per heavy atom. The quantitative estimate of drug-likeness (QED) is 0.637. The lowest BCUT2D eigenvalue weighted by Crippen LogP contribution is -2.50. The number of rotatable bonds is 4. The predicted molar refractivity (Wildman–Crippen MR) is 67.3 cm³/mol. The van der Waals surface area contributed by atoms with Crippen LogP contribution in [-0.4, -0.2) is 25.4 Å². The molecule has 1 aliphatic carbocycles. The molecule has 0 spiro atoms. The van der Waals surface area contributed by atoms with Crippen molar-refractivity contribution in [2.75, 3.05) is 0 Å². The van der Waals surface area contributed by atoms with Crippen LogP contribution in [0, 0.1) is 10.1 Å². The van der Waals surface area contributed by atoms with Crippen LogP contribution in [0.25, 0.3) is 0 Å². The Bertz CT molecular complexity index is 579. The molecule has 0 bridgehead atoms. The zero-order valence-corrected chi connectivity index (χ0v) is 11.4. The molecule has 1 heterocycles. The van der Waals surface area contributed by atoms with Crippen molar-refractivity contribution in [3.63, 3.8) is 0 Å². The van der Waals surface area contributed by atoms with Crippen LogP contribution in [-0.2, 0) is 10.0 Å². The highest BCUT2D eigenvalue weighted by Crippen LogP contribution is 2.36. The molecule has 1 aromatic rings. The highest BCUT2D eigenvalue weighted by Gasteiger charge is 2.32. The van der Waals surface area contributed by atoms with Gasteiger partial charge in [-0.2, -0.15) is 0 Å². The summed E-state index contributed by atoms with van der Waals surface area (Å²) in [7, 11) is -3.75. The van der Waals surface area contributed by atoms with E-state index in [0.29, 0.717) is 24.2 Å². The molecule has 3 N–H and O–H groups in total. The Morgan fingerprint density at radius 2 is 2.17 bits per heavy atom. The molecule has 0 saturated heterocycles. The van der Waals surface area contributed by atoms with E-state index < -0.39 is 20.6 Å². The van der Waals surface area contributed by atoms with E-state index in [0.717, 1.165) is 6.07 Å². The van der Waals surface area contributed by atoms with Gasteiger partial charge >= 0.3 is 0 Å². The summed E-state index contributed by atoms with van der Waals surface area (Å²) in [6, 6.07) is 0.775. The lowest BCUT2D eigenvalue weighted by molar-refractivity contribution is -0.384. The lowest BCUT2D eigenvalue weighted by Gasteiger charge is -2.32. The highest BCUT2D eigenvalue weighted by molar-refractivity contribution is 7.91. The molecular weight excluding hydrogens is 302 g/mol. The molecular formula is C8H10ClN3O4S2. The molecule has 0 unspecified atom stereocenters. The molecule has 2 rings (SSSR count). The summed E-state index contributed by atoms with van der Waals surface area (Å²) in [6.45, 7) is 0. The SMILES string of the molecule is NC1CC(NS(=O)(=O)c2cc([N+](=O)[O-])c(Cl)s2)C1. The van der Waals surface area contributed by atoms with Crippen molar-refractivity contribution in [1.82, 2.24) is 4.72 Å². The highest BCUT2D eigenvalue weighted by atomic mass is 35.5. The van der Waals surface area contributed by atoms with Crippen LogP contribution in [0.1, 0.15) is 12.8 Å². The summed E-state index contributed by atoms with van der Waals surface area (Å²) in [5.41, 5.74) is 5.16. The average Bonchev–Trinajstić information content (AvgIpc) is 2.58. The molecule has 1 fully saturated rings. The standard InChI is InChI=1S/C8H10ClN3O4S2/c9-8-6(12(13)14)3-7(17-8)18(15,16)11-5-1-4(10)2-5/h3-5,11H,1-2,10H2. The Kier molecular flexibility index (Phi) is 3.60. The van der Waals surface area contributed by atoms with Crippen molar-refractivity contribution in [2.45, 2.75) is 29.1 Å². The van der Waals surface area contributed by atoms with E-state index in [4.69, 9.17) is 17.3 Å². The van der Waals surface area contributed by atoms with Crippen molar-refractivity contribution in [3.8, 4) is 0 Å². The van der Waals surface area contributed by atoms with Gasteiger partial charge in [0.1, 0.15) is 4.21 Å². The Morgan fingerprint density at radius 3 is 2.61 bits per heavy atom. The summed E-state index contributed by atoms with van der Waals surface area (Å²) in [4.78, 5) is 9.88. The average molecular weight is 312 g/mol. The third-order valence-electron chi connectivity index (χ3n) is 2.60. The number of nitrogens with one attached hydrogen (secondary N) is 1. The molecule has 0 atom stereocenters. The monoisotopic (exact) mass is 311 g/mol. The van der Waals surface area contributed by atoms with Crippen LogP contribution in [0.15, 0.2) is 10.3 Å². The molecule has 18 heavy (non-hydrogen) atoms. The van der Waals surface area contributed by atoms with Gasteiger partial charge in [-0.05, 0) is 12.8 Å². The predicted octanol–water partition coefficient (Wildman–Crippen LogP) is 1.08. The molecule has 1 aliphatic rings. The van der Waals surface area contributed by atoms with Gasteiger partial charge in [0.25, 0.3) is 15.7 Å². The zero-order chi connectivity index (χ0) is 13.5. The van der Waals surface area contributed by atoms with Gasteiger partial charge in [0.15, 0.2) is 4.34 Å². The van der Waals surface area contributed by atoms with E-state index in [9.17, 15) is 18.5 Å². The molecule has 7 nitrogen and oxygen atoms in total. The van der Waals surface area contributed by atoms with Crippen LogP contribution in [0.4, 0.5) is 5.69 Å². The van der Waals surface area contributed by atoms with Crippen molar-refractivity contribution in [2.24, 2.45) is 5.73 Å². The van der Waals surface area contributed by atoms with E-state index in [1.54, 1.807) is 0 Å². The molecule has 100 valence electrons.